The molecule has 0 saturated heterocycles. The first-order valence-corrected chi connectivity index (χ1v) is 7.20. The Bertz CT molecular complexity index is 596. The van der Waals surface area contributed by atoms with Gasteiger partial charge in [-0.2, -0.15) is 13.2 Å². The van der Waals surface area contributed by atoms with Gasteiger partial charge in [0.15, 0.2) is 0 Å². The minimum Gasteiger partial charge on any atom is -0.496 e. The molecular weight excluding hydrogens is 353 g/mol. The molecule has 0 aromatic heterocycles. The molecule has 0 N–H and O–H groups in total. The van der Waals surface area contributed by atoms with Crippen molar-refractivity contribution in [3.05, 3.63) is 52.5 Å². The zero-order chi connectivity index (χ0) is 14.8. The number of alkyl halides is 3. The second kappa shape index (κ2) is 6.10. The highest BCUT2D eigenvalue weighted by Crippen LogP contribution is 2.39. The molecule has 0 bridgehead atoms. The van der Waals surface area contributed by atoms with Crippen molar-refractivity contribution in [1.29, 1.82) is 0 Å². The molecular formula is C14H10BrF3OS. The first-order chi connectivity index (χ1) is 9.40. The Balaban J connectivity index is 2.31. The second-order valence-electron chi connectivity index (χ2n) is 3.92. The van der Waals surface area contributed by atoms with Crippen LogP contribution < -0.4 is 4.74 Å². The van der Waals surface area contributed by atoms with Gasteiger partial charge in [-0.3, -0.25) is 0 Å². The van der Waals surface area contributed by atoms with E-state index in [2.05, 4.69) is 15.9 Å². The molecule has 0 saturated carbocycles. The average Bonchev–Trinajstić information content (AvgIpc) is 2.40. The number of rotatable bonds is 3. The number of hydrogen-bond donors (Lipinski definition) is 0. The van der Waals surface area contributed by atoms with E-state index in [4.69, 9.17) is 4.74 Å². The van der Waals surface area contributed by atoms with Crippen LogP contribution >= 0.6 is 27.7 Å². The SMILES string of the molecule is COc1ccc(Sc2ccc(Br)cc2)cc1C(F)(F)F. The Hall–Kier alpha value is -1.14. The Morgan fingerprint density at radius 2 is 1.60 bits per heavy atom. The maximum atomic E-state index is 12.9. The van der Waals surface area contributed by atoms with Crippen molar-refractivity contribution in [2.75, 3.05) is 7.11 Å². The molecule has 0 heterocycles. The molecule has 0 aliphatic heterocycles. The molecule has 2 aromatic rings. The first-order valence-electron chi connectivity index (χ1n) is 5.59. The van der Waals surface area contributed by atoms with Crippen molar-refractivity contribution in [1.82, 2.24) is 0 Å². The topological polar surface area (TPSA) is 9.23 Å². The van der Waals surface area contributed by atoms with Crippen LogP contribution in [0.5, 0.6) is 5.75 Å². The molecule has 2 rings (SSSR count). The highest BCUT2D eigenvalue weighted by Gasteiger charge is 2.34. The van der Waals surface area contributed by atoms with Crippen molar-refractivity contribution in [2.24, 2.45) is 0 Å². The minimum atomic E-state index is -4.43. The summed E-state index contributed by atoms with van der Waals surface area (Å²) >= 11 is 4.58. The molecule has 0 amide bonds. The van der Waals surface area contributed by atoms with Crippen LogP contribution in [-0.2, 0) is 6.18 Å². The van der Waals surface area contributed by atoms with Gasteiger partial charge in [-0.05, 0) is 42.5 Å². The van der Waals surface area contributed by atoms with Crippen molar-refractivity contribution < 1.29 is 17.9 Å². The lowest BCUT2D eigenvalue weighted by molar-refractivity contribution is -0.138. The van der Waals surface area contributed by atoms with Crippen LogP contribution in [0.3, 0.4) is 0 Å². The molecule has 1 nitrogen and oxygen atoms in total. The third-order valence-electron chi connectivity index (χ3n) is 2.53. The summed E-state index contributed by atoms with van der Waals surface area (Å²) in [5.41, 5.74) is -0.762. The van der Waals surface area contributed by atoms with Gasteiger partial charge in [0.05, 0.1) is 12.7 Å². The molecule has 106 valence electrons. The maximum absolute atomic E-state index is 12.9. The van der Waals surface area contributed by atoms with Gasteiger partial charge in [0, 0.05) is 14.3 Å². The van der Waals surface area contributed by atoms with Crippen molar-refractivity contribution >= 4 is 27.7 Å². The third-order valence-corrected chi connectivity index (χ3v) is 4.05. The Morgan fingerprint density at radius 1 is 1.00 bits per heavy atom. The minimum absolute atomic E-state index is 0.169. The highest BCUT2D eigenvalue weighted by molar-refractivity contribution is 9.10. The largest absolute Gasteiger partial charge is 0.496 e. The fourth-order valence-electron chi connectivity index (χ4n) is 1.61. The molecule has 2 aromatic carbocycles. The summed E-state index contributed by atoms with van der Waals surface area (Å²) in [5, 5.41) is 0. The normalized spacial score (nSPS) is 11.4. The molecule has 0 aliphatic rings. The summed E-state index contributed by atoms with van der Waals surface area (Å²) < 4.78 is 44.4. The van der Waals surface area contributed by atoms with Crippen LogP contribution in [0.25, 0.3) is 0 Å². The molecule has 0 unspecified atom stereocenters. The van der Waals surface area contributed by atoms with Gasteiger partial charge in [-0.25, -0.2) is 0 Å². The molecule has 0 spiro atoms. The monoisotopic (exact) mass is 362 g/mol. The van der Waals surface area contributed by atoms with E-state index in [1.165, 1.54) is 24.9 Å². The number of ether oxygens (including phenoxy) is 1. The summed E-state index contributed by atoms with van der Waals surface area (Å²) in [6.07, 6.45) is -4.43. The van der Waals surface area contributed by atoms with E-state index in [0.717, 1.165) is 15.4 Å². The fourth-order valence-corrected chi connectivity index (χ4v) is 2.73. The zero-order valence-corrected chi connectivity index (χ0v) is 12.8. The molecule has 0 radical (unpaired) electrons. The Morgan fingerprint density at radius 3 is 2.15 bits per heavy atom. The van der Waals surface area contributed by atoms with E-state index in [9.17, 15) is 13.2 Å². The average molecular weight is 363 g/mol. The maximum Gasteiger partial charge on any atom is 0.420 e. The standard InChI is InChI=1S/C14H10BrF3OS/c1-19-13-7-6-11(8-12(13)14(16,17)18)20-10-4-2-9(15)3-5-10/h2-8H,1H3. The van der Waals surface area contributed by atoms with Crippen molar-refractivity contribution in [2.45, 2.75) is 16.0 Å². The van der Waals surface area contributed by atoms with Gasteiger partial charge in [-0.15, -0.1) is 0 Å². The van der Waals surface area contributed by atoms with Crippen LogP contribution in [0.4, 0.5) is 13.2 Å². The lowest BCUT2D eigenvalue weighted by Crippen LogP contribution is -2.07. The van der Waals surface area contributed by atoms with E-state index >= 15 is 0 Å². The van der Waals surface area contributed by atoms with Crippen LogP contribution in [0.2, 0.25) is 0 Å². The van der Waals surface area contributed by atoms with Crippen molar-refractivity contribution in [3.8, 4) is 5.75 Å². The lowest BCUT2D eigenvalue weighted by atomic mass is 10.2. The molecule has 20 heavy (non-hydrogen) atoms. The van der Waals surface area contributed by atoms with Gasteiger partial charge >= 0.3 is 6.18 Å². The predicted molar refractivity (Wildman–Crippen MR) is 76.3 cm³/mol. The van der Waals surface area contributed by atoms with Gasteiger partial charge in [0.1, 0.15) is 5.75 Å². The summed E-state index contributed by atoms with van der Waals surface area (Å²) in [7, 11) is 1.23. The van der Waals surface area contributed by atoms with E-state index < -0.39 is 11.7 Å². The van der Waals surface area contributed by atoms with Crippen LogP contribution in [0, 0.1) is 0 Å². The van der Waals surface area contributed by atoms with E-state index in [1.54, 1.807) is 6.07 Å². The first kappa shape index (κ1) is 15.3. The summed E-state index contributed by atoms with van der Waals surface area (Å²) in [6, 6.07) is 11.4. The van der Waals surface area contributed by atoms with E-state index in [0.29, 0.717) is 4.90 Å². The molecule has 6 heteroatoms. The van der Waals surface area contributed by atoms with Gasteiger partial charge in [0.25, 0.3) is 0 Å². The van der Waals surface area contributed by atoms with Gasteiger partial charge in [0.2, 0.25) is 0 Å². The summed E-state index contributed by atoms with van der Waals surface area (Å²) in [4.78, 5) is 1.38. The van der Waals surface area contributed by atoms with Crippen LogP contribution in [-0.4, -0.2) is 7.11 Å². The van der Waals surface area contributed by atoms with Gasteiger partial charge in [-0.1, -0.05) is 27.7 Å². The third kappa shape index (κ3) is 3.70. The Kier molecular flexibility index (Phi) is 4.65. The quantitative estimate of drug-likeness (QED) is 0.699. The van der Waals surface area contributed by atoms with E-state index in [1.807, 2.05) is 24.3 Å². The second-order valence-corrected chi connectivity index (χ2v) is 5.98. The summed E-state index contributed by atoms with van der Waals surface area (Å²) in [6.45, 7) is 0. The Labute approximate surface area is 127 Å². The predicted octanol–water partition coefficient (Wildman–Crippen LogP) is 5.63. The van der Waals surface area contributed by atoms with Crippen LogP contribution in [0.1, 0.15) is 5.56 Å². The lowest BCUT2D eigenvalue weighted by Gasteiger charge is -2.13. The number of hydrogen-bond acceptors (Lipinski definition) is 2. The van der Waals surface area contributed by atoms with Crippen molar-refractivity contribution in [3.63, 3.8) is 0 Å². The molecule has 0 atom stereocenters. The number of benzene rings is 2. The highest BCUT2D eigenvalue weighted by atomic mass is 79.9. The molecule has 0 aliphatic carbocycles. The summed E-state index contributed by atoms with van der Waals surface area (Å²) in [5.74, 6) is -0.169. The van der Waals surface area contributed by atoms with E-state index in [-0.39, 0.29) is 5.75 Å². The smallest absolute Gasteiger partial charge is 0.420 e. The number of methoxy groups -OCH3 is 1. The molecule has 0 fully saturated rings. The fraction of sp³-hybridized carbons (Fsp3) is 0.143. The number of halogens is 4. The van der Waals surface area contributed by atoms with Crippen LogP contribution in [0.15, 0.2) is 56.7 Å². The zero-order valence-electron chi connectivity index (χ0n) is 10.4. The van der Waals surface area contributed by atoms with Gasteiger partial charge < -0.3 is 4.74 Å².